The van der Waals surface area contributed by atoms with E-state index in [1.165, 1.54) is 4.90 Å². The minimum atomic E-state index is -1.01. The summed E-state index contributed by atoms with van der Waals surface area (Å²) in [4.78, 5) is 30.4. The number of rotatable bonds is 5. The number of oxazole rings is 1. The number of carbonyl (C=O) groups excluding carboxylic acids is 1. The van der Waals surface area contributed by atoms with Gasteiger partial charge in [-0.3, -0.25) is 4.79 Å². The summed E-state index contributed by atoms with van der Waals surface area (Å²) in [6.07, 6.45) is 2.79. The van der Waals surface area contributed by atoms with Crippen molar-refractivity contribution in [2.24, 2.45) is 0 Å². The summed E-state index contributed by atoms with van der Waals surface area (Å²) in [6.45, 7) is 2.41. The highest BCUT2D eigenvalue weighted by Crippen LogP contribution is 2.30. The van der Waals surface area contributed by atoms with Gasteiger partial charge < -0.3 is 14.4 Å². The second kappa shape index (κ2) is 7.91. The molecule has 6 heteroatoms. The molecule has 2 aromatic carbocycles. The molecule has 2 heterocycles. The molecule has 29 heavy (non-hydrogen) atoms. The van der Waals surface area contributed by atoms with Crippen LogP contribution >= 0.6 is 0 Å². The van der Waals surface area contributed by atoms with Crippen molar-refractivity contribution in [2.75, 3.05) is 6.54 Å². The predicted molar refractivity (Wildman–Crippen MR) is 107 cm³/mol. The molecule has 1 aromatic heterocycles. The minimum absolute atomic E-state index is 0.153. The Bertz CT molecular complexity index is 1040. The summed E-state index contributed by atoms with van der Waals surface area (Å²) in [5.74, 6) is -0.0914. The zero-order valence-corrected chi connectivity index (χ0v) is 16.2. The van der Waals surface area contributed by atoms with Crippen LogP contribution < -0.4 is 0 Å². The Kier molecular flexibility index (Phi) is 5.16. The fraction of sp³-hybridized carbons (Fsp3) is 0.261. The van der Waals surface area contributed by atoms with Crippen LogP contribution in [0, 0.1) is 6.92 Å². The Hall–Kier alpha value is -3.41. The number of carboxylic acids is 1. The summed E-state index contributed by atoms with van der Waals surface area (Å²) in [5.41, 5.74) is 3.77. The SMILES string of the molecule is Cc1ccc(-c2cnc(CCC(=O)N3CCc4ccccc4C3C(=O)O)o2)cc1. The molecule has 3 aromatic rings. The molecule has 1 amide bonds. The number of aromatic nitrogens is 1. The van der Waals surface area contributed by atoms with Crippen molar-refractivity contribution in [3.8, 4) is 11.3 Å². The molecule has 0 saturated heterocycles. The second-order valence-corrected chi connectivity index (χ2v) is 7.26. The molecular weight excluding hydrogens is 368 g/mol. The van der Waals surface area contributed by atoms with Gasteiger partial charge in [0.1, 0.15) is 0 Å². The van der Waals surface area contributed by atoms with E-state index in [-0.39, 0.29) is 12.3 Å². The number of carboxylic acid groups (broad SMARTS) is 1. The standard InChI is InChI=1S/C23H22N2O4/c1-15-6-8-17(9-7-15)19-14-24-20(29-19)10-11-21(26)25-13-12-16-4-2-3-5-18(16)22(25)23(27)28/h2-9,14,22H,10-13H2,1H3,(H,27,28). The number of nitrogens with zero attached hydrogens (tertiary/aromatic N) is 2. The Morgan fingerprint density at radius 2 is 1.93 bits per heavy atom. The molecule has 1 aliphatic heterocycles. The molecule has 6 nitrogen and oxygen atoms in total. The highest BCUT2D eigenvalue weighted by molar-refractivity contribution is 5.85. The first-order valence-corrected chi connectivity index (χ1v) is 9.65. The lowest BCUT2D eigenvalue weighted by molar-refractivity contribution is -0.151. The Morgan fingerprint density at radius 1 is 1.17 bits per heavy atom. The van der Waals surface area contributed by atoms with Gasteiger partial charge in [0.05, 0.1) is 6.20 Å². The normalized spacial score (nSPS) is 15.8. The lowest BCUT2D eigenvalue weighted by atomic mass is 9.92. The van der Waals surface area contributed by atoms with E-state index in [1.54, 1.807) is 12.3 Å². The summed E-state index contributed by atoms with van der Waals surface area (Å²) in [6, 6.07) is 14.4. The largest absolute Gasteiger partial charge is 0.479 e. The molecule has 1 N–H and O–H groups in total. The molecule has 0 bridgehead atoms. The summed E-state index contributed by atoms with van der Waals surface area (Å²) < 4.78 is 5.78. The number of benzene rings is 2. The number of fused-ring (bicyclic) bond motifs is 1. The maximum atomic E-state index is 12.8. The smallest absolute Gasteiger partial charge is 0.331 e. The van der Waals surface area contributed by atoms with Gasteiger partial charge in [-0.15, -0.1) is 0 Å². The van der Waals surface area contributed by atoms with Crippen LogP contribution in [0.5, 0.6) is 0 Å². The number of hydrogen-bond acceptors (Lipinski definition) is 4. The monoisotopic (exact) mass is 390 g/mol. The van der Waals surface area contributed by atoms with Gasteiger partial charge in [-0.1, -0.05) is 54.1 Å². The number of hydrogen-bond donors (Lipinski definition) is 1. The molecule has 0 saturated carbocycles. The van der Waals surface area contributed by atoms with Crippen LogP contribution in [-0.2, 0) is 22.4 Å². The zero-order chi connectivity index (χ0) is 20.4. The van der Waals surface area contributed by atoms with Gasteiger partial charge in [0.2, 0.25) is 5.91 Å². The van der Waals surface area contributed by atoms with E-state index in [0.717, 1.165) is 16.7 Å². The average Bonchev–Trinajstić information content (AvgIpc) is 3.20. The van der Waals surface area contributed by atoms with Crippen LogP contribution in [0.4, 0.5) is 0 Å². The van der Waals surface area contributed by atoms with E-state index in [1.807, 2.05) is 49.4 Å². The maximum absolute atomic E-state index is 12.8. The van der Waals surface area contributed by atoms with Crippen molar-refractivity contribution in [1.29, 1.82) is 0 Å². The van der Waals surface area contributed by atoms with Gasteiger partial charge in [-0.05, 0) is 24.5 Å². The predicted octanol–water partition coefficient (Wildman–Crippen LogP) is 3.79. The molecule has 1 unspecified atom stereocenters. The Labute approximate surface area is 168 Å². The van der Waals surface area contributed by atoms with Gasteiger partial charge >= 0.3 is 5.97 Å². The van der Waals surface area contributed by atoms with Crippen LogP contribution in [0.3, 0.4) is 0 Å². The molecular formula is C23H22N2O4. The highest BCUT2D eigenvalue weighted by atomic mass is 16.4. The van der Waals surface area contributed by atoms with Crippen molar-refractivity contribution < 1.29 is 19.1 Å². The van der Waals surface area contributed by atoms with E-state index >= 15 is 0 Å². The quantitative estimate of drug-likeness (QED) is 0.717. The summed E-state index contributed by atoms with van der Waals surface area (Å²) >= 11 is 0. The zero-order valence-electron chi connectivity index (χ0n) is 16.2. The van der Waals surface area contributed by atoms with Gasteiger partial charge in [-0.25, -0.2) is 9.78 Å². The molecule has 1 atom stereocenters. The van der Waals surface area contributed by atoms with Gasteiger partial charge in [0.15, 0.2) is 17.7 Å². The molecule has 0 aliphatic carbocycles. The highest BCUT2D eigenvalue weighted by Gasteiger charge is 2.35. The molecule has 1 aliphatic rings. The second-order valence-electron chi connectivity index (χ2n) is 7.26. The van der Waals surface area contributed by atoms with Gasteiger partial charge in [0, 0.05) is 24.9 Å². The van der Waals surface area contributed by atoms with Crippen molar-refractivity contribution in [3.63, 3.8) is 0 Å². The van der Waals surface area contributed by atoms with E-state index in [9.17, 15) is 14.7 Å². The summed E-state index contributed by atoms with van der Waals surface area (Å²) in [7, 11) is 0. The van der Waals surface area contributed by atoms with Gasteiger partial charge in [0.25, 0.3) is 0 Å². The molecule has 148 valence electrons. The Balaban J connectivity index is 1.45. The van der Waals surface area contributed by atoms with E-state index in [4.69, 9.17) is 4.42 Å². The van der Waals surface area contributed by atoms with Crippen molar-refractivity contribution in [3.05, 3.63) is 77.3 Å². The first-order valence-electron chi connectivity index (χ1n) is 9.65. The lowest BCUT2D eigenvalue weighted by Gasteiger charge is -2.34. The first kappa shape index (κ1) is 18.9. The van der Waals surface area contributed by atoms with E-state index in [0.29, 0.717) is 36.6 Å². The number of amides is 1. The molecule has 0 spiro atoms. The molecule has 0 radical (unpaired) electrons. The van der Waals surface area contributed by atoms with Crippen LogP contribution in [0.1, 0.15) is 35.0 Å². The molecule has 4 rings (SSSR count). The maximum Gasteiger partial charge on any atom is 0.331 e. The van der Waals surface area contributed by atoms with Crippen molar-refractivity contribution in [1.82, 2.24) is 9.88 Å². The third kappa shape index (κ3) is 3.92. The fourth-order valence-electron chi connectivity index (χ4n) is 3.74. The average molecular weight is 390 g/mol. The van der Waals surface area contributed by atoms with Gasteiger partial charge in [-0.2, -0.15) is 0 Å². The molecule has 0 fully saturated rings. The van der Waals surface area contributed by atoms with Crippen LogP contribution in [0.2, 0.25) is 0 Å². The van der Waals surface area contributed by atoms with Crippen molar-refractivity contribution in [2.45, 2.75) is 32.2 Å². The number of carbonyl (C=O) groups is 2. The first-order chi connectivity index (χ1) is 14.0. The minimum Gasteiger partial charge on any atom is -0.479 e. The lowest BCUT2D eigenvalue weighted by Crippen LogP contribution is -2.43. The third-order valence-electron chi connectivity index (χ3n) is 5.28. The summed E-state index contributed by atoms with van der Waals surface area (Å²) in [5, 5.41) is 9.71. The third-order valence-corrected chi connectivity index (χ3v) is 5.28. The van der Waals surface area contributed by atoms with E-state index in [2.05, 4.69) is 4.98 Å². The van der Waals surface area contributed by atoms with E-state index < -0.39 is 12.0 Å². The number of aliphatic carboxylic acids is 1. The van der Waals surface area contributed by atoms with Crippen LogP contribution in [0.25, 0.3) is 11.3 Å². The number of aryl methyl sites for hydroxylation is 2. The fourth-order valence-corrected chi connectivity index (χ4v) is 3.74. The Morgan fingerprint density at radius 3 is 2.69 bits per heavy atom. The van der Waals surface area contributed by atoms with Crippen molar-refractivity contribution >= 4 is 11.9 Å². The van der Waals surface area contributed by atoms with Crippen LogP contribution in [-0.4, -0.2) is 33.4 Å². The van der Waals surface area contributed by atoms with Crippen LogP contribution in [0.15, 0.2) is 59.1 Å². The topological polar surface area (TPSA) is 83.6 Å².